The number of nitrogens with one attached hydrogen (secondary N) is 1. The van der Waals surface area contributed by atoms with Crippen molar-refractivity contribution in [2.45, 2.75) is 39.0 Å². The molecule has 1 aromatic carbocycles. The first kappa shape index (κ1) is 14.4. The molecule has 4 heteroatoms. The van der Waals surface area contributed by atoms with E-state index < -0.39 is 5.41 Å². The van der Waals surface area contributed by atoms with Crippen molar-refractivity contribution in [3.8, 4) is 0 Å². The predicted octanol–water partition coefficient (Wildman–Crippen LogP) is 3.50. The lowest BCUT2D eigenvalue weighted by Crippen LogP contribution is -2.43. The molecule has 0 aromatic heterocycles. The number of amides is 1. The summed E-state index contributed by atoms with van der Waals surface area (Å²) in [5.41, 5.74) is 7.21. The van der Waals surface area contributed by atoms with Gasteiger partial charge in [0, 0.05) is 6.54 Å². The van der Waals surface area contributed by atoms with Crippen LogP contribution in [0.1, 0.15) is 37.7 Å². The van der Waals surface area contributed by atoms with E-state index >= 15 is 0 Å². The van der Waals surface area contributed by atoms with E-state index in [0.717, 1.165) is 31.2 Å². The Morgan fingerprint density at radius 2 is 2.05 bits per heavy atom. The van der Waals surface area contributed by atoms with E-state index in [9.17, 15) is 4.79 Å². The molecule has 0 heterocycles. The van der Waals surface area contributed by atoms with E-state index in [1.54, 1.807) is 0 Å². The maximum Gasteiger partial charge on any atom is 0.231 e. The number of carbonyl (C=O) groups excluding carboxylic acids is 1. The number of carbonyl (C=O) groups is 1. The van der Waals surface area contributed by atoms with Gasteiger partial charge in [-0.3, -0.25) is 4.79 Å². The van der Waals surface area contributed by atoms with Gasteiger partial charge in [-0.2, -0.15) is 0 Å². The summed E-state index contributed by atoms with van der Waals surface area (Å²) in [4.78, 5) is 12.5. The van der Waals surface area contributed by atoms with Gasteiger partial charge < -0.3 is 11.1 Å². The molecule has 3 nitrogen and oxygen atoms in total. The highest BCUT2D eigenvalue weighted by Crippen LogP contribution is 2.37. The van der Waals surface area contributed by atoms with E-state index in [1.165, 1.54) is 6.42 Å². The molecular formula is C15H21ClN2O. The first-order chi connectivity index (χ1) is 9.07. The molecule has 1 saturated carbocycles. The monoisotopic (exact) mass is 280 g/mol. The van der Waals surface area contributed by atoms with Crippen molar-refractivity contribution in [1.29, 1.82) is 0 Å². The van der Waals surface area contributed by atoms with Crippen LogP contribution in [0.15, 0.2) is 18.2 Å². The quantitative estimate of drug-likeness (QED) is 0.890. The number of benzene rings is 1. The van der Waals surface area contributed by atoms with Gasteiger partial charge >= 0.3 is 0 Å². The third-order valence-electron chi connectivity index (χ3n) is 4.06. The van der Waals surface area contributed by atoms with Gasteiger partial charge in [0.15, 0.2) is 0 Å². The highest BCUT2D eigenvalue weighted by molar-refractivity contribution is 6.33. The number of halogens is 1. The molecule has 0 atom stereocenters. The summed E-state index contributed by atoms with van der Waals surface area (Å²) in [7, 11) is 0. The average Bonchev–Trinajstić information content (AvgIpc) is 2.42. The van der Waals surface area contributed by atoms with Crippen LogP contribution in [0.2, 0.25) is 5.02 Å². The highest BCUT2D eigenvalue weighted by atomic mass is 35.5. The van der Waals surface area contributed by atoms with Crippen LogP contribution in [0.4, 0.5) is 5.69 Å². The van der Waals surface area contributed by atoms with Crippen LogP contribution < -0.4 is 11.1 Å². The van der Waals surface area contributed by atoms with Crippen molar-refractivity contribution in [2.75, 3.05) is 11.9 Å². The van der Waals surface area contributed by atoms with Crippen LogP contribution in [0.25, 0.3) is 0 Å². The first-order valence-corrected chi connectivity index (χ1v) is 7.23. The molecule has 1 aliphatic rings. The zero-order valence-corrected chi connectivity index (χ0v) is 12.1. The lowest BCUT2D eigenvalue weighted by atomic mass is 9.73. The molecule has 1 aromatic rings. The second-order valence-electron chi connectivity index (χ2n) is 5.48. The highest BCUT2D eigenvalue weighted by Gasteiger charge is 2.38. The third-order valence-corrected chi connectivity index (χ3v) is 4.37. The fourth-order valence-corrected chi connectivity index (χ4v) is 3.01. The van der Waals surface area contributed by atoms with Gasteiger partial charge in [0.1, 0.15) is 0 Å². The summed E-state index contributed by atoms with van der Waals surface area (Å²) >= 11 is 6.16. The summed E-state index contributed by atoms with van der Waals surface area (Å²) in [6.07, 6.45) is 5.09. The Bertz CT molecular complexity index is 467. The summed E-state index contributed by atoms with van der Waals surface area (Å²) in [5, 5.41) is 3.53. The van der Waals surface area contributed by atoms with E-state index in [0.29, 0.717) is 17.3 Å². The second-order valence-corrected chi connectivity index (χ2v) is 5.89. The normalized spacial score (nSPS) is 18.1. The van der Waals surface area contributed by atoms with Gasteiger partial charge in [0.25, 0.3) is 0 Å². The molecule has 0 spiro atoms. The number of anilines is 1. The number of hydrogen-bond acceptors (Lipinski definition) is 2. The van der Waals surface area contributed by atoms with Crippen LogP contribution in [0.5, 0.6) is 0 Å². The van der Waals surface area contributed by atoms with Crippen LogP contribution in [0, 0.1) is 12.3 Å². The van der Waals surface area contributed by atoms with E-state index in [2.05, 4.69) is 5.32 Å². The lowest BCUT2D eigenvalue weighted by Gasteiger charge is -2.34. The summed E-state index contributed by atoms with van der Waals surface area (Å²) < 4.78 is 0. The Balaban J connectivity index is 2.15. The van der Waals surface area contributed by atoms with Crippen molar-refractivity contribution >= 4 is 23.2 Å². The van der Waals surface area contributed by atoms with Crippen molar-refractivity contribution in [3.63, 3.8) is 0 Å². The Kier molecular flexibility index (Phi) is 4.48. The van der Waals surface area contributed by atoms with Gasteiger partial charge in [-0.25, -0.2) is 0 Å². The zero-order valence-electron chi connectivity index (χ0n) is 11.3. The maximum atomic E-state index is 12.5. The zero-order chi connectivity index (χ0) is 13.9. The molecule has 0 saturated heterocycles. The molecule has 0 aliphatic heterocycles. The van der Waals surface area contributed by atoms with E-state index in [1.807, 2.05) is 25.1 Å². The lowest BCUT2D eigenvalue weighted by molar-refractivity contribution is -0.126. The summed E-state index contributed by atoms with van der Waals surface area (Å²) in [6, 6.07) is 5.65. The minimum absolute atomic E-state index is 0.0143. The topological polar surface area (TPSA) is 55.1 Å². The summed E-state index contributed by atoms with van der Waals surface area (Å²) in [6.45, 7) is 2.38. The summed E-state index contributed by atoms with van der Waals surface area (Å²) in [5.74, 6) is 0.0143. The minimum Gasteiger partial charge on any atom is -0.329 e. The molecule has 0 radical (unpaired) electrons. The standard InChI is InChI=1S/C15H21ClN2O/c1-11-5-6-13(12(16)9-11)18-14(19)15(10-17)7-3-2-4-8-15/h5-6,9H,2-4,7-8,10,17H2,1H3,(H,18,19). The van der Waals surface area contributed by atoms with Crippen LogP contribution >= 0.6 is 11.6 Å². The molecule has 1 aliphatic carbocycles. The average molecular weight is 281 g/mol. The van der Waals surface area contributed by atoms with Gasteiger partial charge in [0.2, 0.25) is 5.91 Å². The molecule has 19 heavy (non-hydrogen) atoms. The van der Waals surface area contributed by atoms with Gasteiger partial charge in [0.05, 0.1) is 16.1 Å². The van der Waals surface area contributed by atoms with E-state index in [4.69, 9.17) is 17.3 Å². The van der Waals surface area contributed by atoms with Crippen molar-refractivity contribution in [3.05, 3.63) is 28.8 Å². The number of hydrogen-bond donors (Lipinski definition) is 2. The SMILES string of the molecule is Cc1ccc(NC(=O)C2(CN)CCCCC2)c(Cl)c1. The van der Waals surface area contributed by atoms with Crippen molar-refractivity contribution in [1.82, 2.24) is 0 Å². The minimum atomic E-state index is -0.410. The number of rotatable bonds is 3. The van der Waals surface area contributed by atoms with Crippen LogP contribution in [-0.4, -0.2) is 12.5 Å². The van der Waals surface area contributed by atoms with Crippen molar-refractivity contribution < 1.29 is 4.79 Å². The van der Waals surface area contributed by atoms with Gasteiger partial charge in [-0.05, 0) is 37.5 Å². The Hall–Kier alpha value is -1.06. The van der Waals surface area contributed by atoms with Crippen LogP contribution in [-0.2, 0) is 4.79 Å². The largest absolute Gasteiger partial charge is 0.329 e. The molecular weight excluding hydrogens is 260 g/mol. The molecule has 1 amide bonds. The fourth-order valence-electron chi connectivity index (χ4n) is 2.73. The molecule has 2 rings (SSSR count). The molecule has 0 bridgehead atoms. The van der Waals surface area contributed by atoms with Gasteiger partial charge in [-0.15, -0.1) is 0 Å². The number of nitrogens with two attached hydrogens (primary N) is 1. The molecule has 1 fully saturated rings. The molecule has 104 valence electrons. The predicted molar refractivity (Wildman–Crippen MR) is 79.4 cm³/mol. The molecule has 3 N–H and O–H groups in total. The first-order valence-electron chi connectivity index (χ1n) is 6.85. The van der Waals surface area contributed by atoms with Crippen molar-refractivity contribution in [2.24, 2.45) is 11.1 Å². The van der Waals surface area contributed by atoms with Gasteiger partial charge in [-0.1, -0.05) is 36.9 Å². The molecule has 0 unspecified atom stereocenters. The third kappa shape index (κ3) is 3.10. The van der Waals surface area contributed by atoms with Crippen LogP contribution in [0.3, 0.4) is 0 Å². The maximum absolute atomic E-state index is 12.5. The van der Waals surface area contributed by atoms with E-state index in [-0.39, 0.29) is 5.91 Å². The Morgan fingerprint density at radius 3 is 2.63 bits per heavy atom. The Labute approximate surface area is 119 Å². The smallest absolute Gasteiger partial charge is 0.231 e. The fraction of sp³-hybridized carbons (Fsp3) is 0.533. The number of aryl methyl sites for hydroxylation is 1. The second kappa shape index (κ2) is 5.93. The Morgan fingerprint density at radius 1 is 1.37 bits per heavy atom.